The minimum absolute atomic E-state index is 0.0621. The van der Waals surface area contributed by atoms with Gasteiger partial charge in [0.15, 0.2) is 0 Å². The van der Waals surface area contributed by atoms with Crippen LogP contribution in [0.3, 0.4) is 0 Å². The summed E-state index contributed by atoms with van der Waals surface area (Å²) in [6.45, 7) is 1.78. The maximum absolute atomic E-state index is 12.0. The molecule has 0 bridgehead atoms. The second-order valence-corrected chi connectivity index (χ2v) is 3.84. The minimum Gasteiger partial charge on any atom is -0.345 e. The van der Waals surface area contributed by atoms with Crippen LogP contribution in [0.5, 0.6) is 0 Å². The van der Waals surface area contributed by atoms with Crippen LogP contribution in [0.15, 0.2) is 24.5 Å². The molecule has 2 rings (SSSR count). The fourth-order valence-electron chi connectivity index (χ4n) is 1.67. The monoisotopic (exact) mass is 261 g/mol. The van der Waals surface area contributed by atoms with Gasteiger partial charge < -0.3 is 5.32 Å². The van der Waals surface area contributed by atoms with Crippen molar-refractivity contribution in [1.29, 1.82) is 0 Å². The molecule has 1 aromatic carbocycles. The molecular formula is C11H11N5O3. The van der Waals surface area contributed by atoms with Gasteiger partial charge in [-0.2, -0.15) is 5.10 Å². The average Bonchev–Trinajstić information content (AvgIpc) is 2.88. The summed E-state index contributed by atoms with van der Waals surface area (Å²) in [7, 11) is 0. The number of aryl methyl sites for hydroxylation is 1. The predicted octanol–water partition coefficient (Wildman–Crippen LogP) is 0.951. The molecule has 0 radical (unpaired) electrons. The molecule has 8 nitrogen and oxygen atoms in total. The highest BCUT2D eigenvalue weighted by molar-refractivity contribution is 5.99. The van der Waals surface area contributed by atoms with Gasteiger partial charge in [0.2, 0.25) is 0 Å². The van der Waals surface area contributed by atoms with E-state index in [0.717, 1.165) is 0 Å². The van der Waals surface area contributed by atoms with Crippen molar-refractivity contribution in [2.45, 2.75) is 13.5 Å². The molecule has 0 atom stereocenters. The Morgan fingerprint density at radius 3 is 2.95 bits per heavy atom. The first-order valence-corrected chi connectivity index (χ1v) is 5.46. The summed E-state index contributed by atoms with van der Waals surface area (Å²) < 4.78 is 0. The lowest BCUT2D eigenvalue weighted by Gasteiger charge is -2.06. The lowest BCUT2D eigenvalue weighted by Crippen LogP contribution is -2.25. The first kappa shape index (κ1) is 12.7. The van der Waals surface area contributed by atoms with Gasteiger partial charge >= 0.3 is 0 Å². The minimum atomic E-state index is -0.573. The number of hydrogen-bond donors (Lipinski definition) is 2. The smallest absolute Gasteiger partial charge is 0.282 e. The molecule has 0 fully saturated rings. The number of nitrogens with zero attached hydrogens (tertiary/aromatic N) is 3. The number of amides is 1. The van der Waals surface area contributed by atoms with Crippen LogP contribution in [0.1, 0.15) is 21.7 Å². The van der Waals surface area contributed by atoms with Gasteiger partial charge in [-0.1, -0.05) is 12.1 Å². The van der Waals surface area contributed by atoms with Crippen molar-refractivity contribution in [1.82, 2.24) is 20.5 Å². The quantitative estimate of drug-likeness (QED) is 0.628. The zero-order valence-corrected chi connectivity index (χ0v) is 10.1. The van der Waals surface area contributed by atoms with E-state index in [1.807, 2.05) is 0 Å². The number of benzene rings is 1. The number of nitro groups is 1. The third-order valence-corrected chi connectivity index (χ3v) is 2.56. The Bertz CT molecular complexity index is 609. The van der Waals surface area contributed by atoms with E-state index >= 15 is 0 Å². The Labute approximate surface area is 108 Å². The van der Waals surface area contributed by atoms with Crippen LogP contribution < -0.4 is 5.32 Å². The van der Waals surface area contributed by atoms with E-state index in [0.29, 0.717) is 11.4 Å². The third-order valence-electron chi connectivity index (χ3n) is 2.56. The lowest BCUT2D eigenvalue weighted by molar-refractivity contribution is -0.385. The molecule has 1 aromatic heterocycles. The van der Waals surface area contributed by atoms with E-state index in [-0.39, 0.29) is 17.8 Å². The van der Waals surface area contributed by atoms with Gasteiger partial charge in [-0.15, -0.1) is 0 Å². The zero-order valence-electron chi connectivity index (χ0n) is 10.1. The van der Waals surface area contributed by atoms with Gasteiger partial charge in [0.25, 0.3) is 11.6 Å². The first-order chi connectivity index (χ1) is 9.09. The largest absolute Gasteiger partial charge is 0.345 e. The van der Waals surface area contributed by atoms with Crippen molar-refractivity contribution in [2.24, 2.45) is 0 Å². The van der Waals surface area contributed by atoms with Crippen molar-refractivity contribution < 1.29 is 9.72 Å². The summed E-state index contributed by atoms with van der Waals surface area (Å²) in [5, 5.41) is 19.7. The molecule has 0 aliphatic rings. The van der Waals surface area contributed by atoms with Crippen molar-refractivity contribution in [3.05, 3.63) is 51.6 Å². The van der Waals surface area contributed by atoms with Crippen molar-refractivity contribution in [2.75, 3.05) is 0 Å². The molecule has 1 amide bonds. The molecule has 8 heteroatoms. The van der Waals surface area contributed by atoms with Crippen molar-refractivity contribution in [3.8, 4) is 0 Å². The lowest BCUT2D eigenvalue weighted by atomic mass is 10.1. The third kappa shape index (κ3) is 2.73. The number of aromatic nitrogens is 3. The van der Waals surface area contributed by atoms with Crippen LogP contribution in [0, 0.1) is 17.0 Å². The SMILES string of the molecule is Cc1cccc([N+](=O)[O-])c1C(=O)NCc1ncn[nH]1. The van der Waals surface area contributed by atoms with Crippen molar-refractivity contribution >= 4 is 11.6 Å². The van der Waals surface area contributed by atoms with Gasteiger partial charge in [0.1, 0.15) is 17.7 Å². The fourth-order valence-corrected chi connectivity index (χ4v) is 1.67. The highest BCUT2D eigenvalue weighted by atomic mass is 16.6. The van der Waals surface area contributed by atoms with Crippen LogP contribution >= 0.6 is 0 Å². The number of hydrogen-bond acceptors (Lipinski definition) is 5. The molecule has 1 heterocycles. The Balaban J connectivity index is 2.21. The number of rotatable bonds is 4. The Hall–Kier alpha value is -2.77. The number of nitrogens with one attached hydrogen (secondary N) is 2. The Morgan fingerprint density at radius 1 is 1.53 bits per heavy atom. The summed E-state index contributed by atoms with van der Waals surface area (Å²) in [5.74, 6) is -0.0363. The molecule has 0 spiro atoms. The average molecular weight is 261 g/mol. The Kier molecular flexibility index (Phi) is 3.51. The first-order valence-electron chi connectivity index (χ1n) is 5.46. The van der Waals surface area contributed by atoms with Crippen molar-refractivity contribution in [3.63, 3.8) is 0 Å². The maximum atomic E-state index is 12.0. The van der Waals surface area contributed by atoms with E-state index < -0.39 is 10.8 Å². The zero-order chi connectivity index (χ0) is 13.8. The van der Waals surface area contributed by atoms with Crippen LogP contribution in [0.4, 0.5) is 5.69 Å². The highest BCUT2D eigenvalue weighted by Gasteiger charge is 2.21. The van der Waals surface area contributed by atoms with E-state index in [9.17, 15) is 14.9 Å². The molecule has 0 aliphatic heterocycles. The maximum Gasteiger partial charge on any atom is 0.282 e. The molecule has 19 heavy (non-hydrogen) atoms. The normalized spacial score (nSPS) is 10.2. The summed E-state index contributed by atoms with van der Waals surface area (Å²) >= 11 is 0. The number of H-pyrrole nitrogens is 1. The van der Waals surface area contributed by atoms with Gasteiger partial charge in [-0.05, 0) is 12.5 Å². The molecular weight excluding hydrogens is 250 g/mol. The van der Waals surface area contributed by atoms with E-state index in [4.69, 9.17) is 0 Å². The predicted molar refractivity (Wildman–Crippen MR) is 65.4 cm³/mol. The summed E-state index contributed by atoms with van der Waals surface area (Å²) in [6, 6.07) is 4.49. The number of carbonyl (C=O) groups excluding carboxylic acids is 1. The molecule has 98 valence electrons. The highest BCUT2D eigenvalue weighted by Crippen LogP contribution is 2.21. The van der Waals surface area contributed by atoms with Gasteiger partial charge in [-0.3, -0.25) is 20.0 Å². The fraction of sp³-hybridized carbons (Fsp3) is 0.182. The van der Waals surface area contributed by atoms with Gasteiger partial charge in [0, 0.05) is 6.07 Å². The van der Waals surface area contributed by atoms with Gasteiger partial charge in [0.05, 0.1) is 11.5 Å². The van der Waals surface area contributed by atoms with E-state index in [1.165, 1.54) is 12.4 Å². The number of nitro benzene ring substituents is 1. The molecule has 0 aliphatic carbocycles. The van der Waals surface area contributed by atoms with E-state index in [2.05, 4.69) is 20.5 Å². The van der Waals surface area contributed by atoms with E-state index in [1.54, 1.807) is 19.1 Å². The number of carbonyl (C=O) groups is 1. The van der Waals surface area contributed by atoms with Crippen LogP contribution in [0.2, 0.25) is 0 Å². The topological polar surface area (TPSA) is 114 Å². The molecule has 0 saturated carbocycles. The van der Waals surface area contributed by atoms with Crippen LogP contribution in [-0.4, -0.2) is 26.0 Å². The summed E-state index contributed by atoms with van der Waals surface area (Å²) in [4.78, 5) is 26.2. The van der Waals surface area contributed by atoms with Crippen LogP contribution in [-0.2, 0) is 6.54 Å². The summed E-state index contributed by atoms with van der Waals surface area (Å²) in [5.41, 5.74) is 0.395. The van der Waals surface area contributed by atoms with Crippen LogP contribution in [0.25, 0.3) is 0 Å². The summed E-state index contributed by atoms with van der Waals surface area (Å²) in [6.07, 6.45) is 1.32. The number of aromatic amines is 1. The molecule has 2 N–H and O–H groups in total. The molecule has 0 saturated heterocycles. The molecule has 0 unspecified atom stereocenters. The standard InChI is InChI=1S/C11H11N5O3/c1-7-3-2-4-8(16(18)19)10(7)11(17)12-5-9-13-6-14-15-9/h2-4,6H,5H2,1H3,(H,12,17)(H,13,14,15). The second-order valence-electron chi connectivity index (χ2n) is 3.84. The second kappa shape index (κ2) is 5.25. The van der Waals surface area contributed by atoms with Gasteiger partial charge in [-0.25, -0.2) is 4.98 Å². The Morgan fingerprint density at radius 2 is 2.32 bits per heavy atom. The molecule has 2 aromatic rings.